The van der Waals surface area contributed by atoms with Crippen molar-refractivity contribution >= 4 is 0 Å². The number of hydrogen-bond donors (Lipinski definition) is 1. The van der Waals surface area contributed by atoms with E-state index in [4.69, 9.17) is 10.3 Å². The Morgan fingerprint density at radius 3 is 2.35 bits per heavy atom. The highest BCUT2D eigenvalue weighted by atomic mass is 16.5. The van der Waals surface area contributed by atoms with Crippen molar-refractivity contribution in [2.24, 2.45) is 5.73 Å². The molecule has 2 N–H and O–H groups in total. The Labute approximate surface area is 121 Å². The molecule has 114 valence electrons. The molecule has 1 aromatic heterocycles. The van der Waals surface area contributed by atoms with Gasteiger partial charge in [0, 0.05) is 12.1 Å². The zero-order valence-corrected chi connectivity index (χ0v) is 13.3. The summed E-state index contributed by atoms with van der Waals surface area (Å²) in [5, 5.41) is 3.96. The van der Waals surface area contributed by atoms with Gasteiger partial charge in [0.1, 0.15) is 0 Å². The summed E-state index contributed by atoms with van der Waals surface area (Å²) >= 11 is 0. The van der Waals surface area contributed by atoms with Crippen molar-refractivity contribution in [3.05, 3.63) is 11.7 Å². The van der Waals surface area contributed by atoms with Crippen LogP contribution in [-0.2, 0) is 12.1 Å². The zero-order valence-electron chi connectivity index (χ0n) is 13.3. The van der Waals surface area contributed by atoms with Crippen molar-refractivity contribution < 1.29 is 4.52 Å². The Bertz CT molecular complexity index is 445. The third-order valence-corrected chi connectivity index (χ3v) is 4.25. The lowest BCUT2D eigenvalue weighted by Crippen LogP contribution is -2.56. The third kappa shape index (κ3) is 3.19. The third-order valence-electron chi connectivity index (χ3n) is 4.25. The van der Waals surface area contributed by atoms with E-state index in [1.54, 1.807) is 0 Å². The summed E-state index contributed by atoms with van der Waals surface area (Å²) in [4.78, 5) is 8.97. The molecule has 20 heavy (non-hydrogen) atoms. The summed E-state index contributed by atoms with van der Waals surface area (Å²) in [7, 11) is 6.42. The van der Waals surface area contributed by atoms with Crippen LogP contribution in [0.25, 0.3) is 0 Å². The predicted octanol–water partition coefficient (Wildman–Crippen LogP) is 1.18. The highest BCUT2D eigenvalue weighted by Gasteiger charge is 2.39. The lowest BCUT2D eigenvalue weighted by atomic mass is 9.75. The van der Waals surface area contributed by atoms with E-state index >= 15 is 0 Å². The average molecular weight is 281 g/mol. The van der Waals surface area contributed by atoms with E-state index in [1.165, 1.54) is 19.3 Å². The van der Waals surface area contributed by atoms with Gasteiger partial charge in [0.2, 0.25) is 5.89 Å². The molecule has 0 radical (unpaired) electrons. The maximum atomic E-state index is 5.97. The Morgan fingerprint density at radius 2 is 1.95 bits per heavy atom. The van der Waals surface area contributed by atoms with Gasteiger partial charge in [-0.25, -0.2) is 0 Å². The smallest absolute Gasteiger partial charge is 0.240 e. The van der Waals surface area contributed by atoms with Crippen LogP contribution in [0.1, 0.15) is 44.8 Å². The van der Waals surface area contributed by atoms with Gasteiger partial charge in [-0.3, -0.25) is 4.90 Å². The van der Waals surface area contributed by atoms with Crippen LogP contribution in [-0.4, -0.2) is 53.2 Å². The molecule has 0 aliphatic heterocycles. The van der Waals surface area contributed by atoms with E-state index < -0.39 is 5.54 Å². The summed E-state index contributed by atoms with van der Waals surface area (Å²) in [5.74, 6) is 1.20. The topological polar surface area (TPSA) is 71.4 Å². The summed E-state index contributed by atoms with van der Waals surface area (Å²) < 4.78 is 5.29. The van der Waals surface area contributed by atoms with E-state index in [1.807, 2.05) is 13.8 Å². The van der Waals surface area contributed by atoms with Gasteiger partial charge in [0.05, 0.1) is 12.1 Å². The maximum absolute atomic E-state index is 5.97. The average Bonchev–Trinajstić information content (AvgIpc) is 2.70. The second kappa shape index (κ2) is 5.42. The lowest BCUT2D eigenvalue weighted by molar-refractivity contribution is 0.0235. The zero-order chi connectivity index (χ0) is 15.0. The Kier molecular flexibility index (Phi) is 4.18. The van der Waals surface area contributed by atoms with E-state index in [0.717, 1.165) is 6.54 Å². The second-order valence-electron chi connectivity index (χ2n) is 6.88. The van der Waals surface area contributed by atoms with E-state index in [2.05, 4.69) is 41.1 Å². The molecule has 1 aliphatic carbocycles. The first-order chi connectivity index (χ1) is 9.23. The SMILES string of the molecule is CN(Cc1nc(C(C)(C)N)no1)CC1(N(C)C)CCC1. The fourth-order valence-corrected chi connectivity index (χ4v) is 2.70. The van der Waals surface area contributed by atoms with Crippen LogP contribution < -0.4 is 5.73 Å². The largest absolute Gasteiger partial charge is 0.338 e. The summed E-state index contributed by atoms with van der Waals surface area (Å²) in [6.07, 6.45) is 3.84. The minimum absolute atomic E-state index is 0.310. The molecule has 0 unspecified atom stereocenters. The molecule has 0 atom stereocenters. The molecule has 1 aliphatic rings. The number of likely N-dealkylation sites (N-methyl/N-ethyl adjacent to an activating group) is 2. The number of rotatable bonds is 6. The molecule has 1 aromatic rings. The first-order valence-electron chi connectivity index (χ1n) is 7.21. The van der Waals surface area contributed by atoms with E-state index in [-0.39, 0.29) is 0 Å². The van der Waals surface area contributed by atoms with Crippen LogP contribution in [0, 0.1) is 0 Å². The van der Waals surface area contributed by atoms with Crippen LogP contribution in [0.2, 0.25) is 0 Å². The van der Waals surface area contributed by atoms with Gasteiger partial charge < -0.3 is 15.2 Å². The fraction of sp³-hybridized carbons (Fsp3) is 0.857. The van der Waals surface area contributed by atoms with E-state index in [0.29, 0.717) is 23.8 Å². The van der Waals surface area contributed by atoms with E-state index in [9.17, 15) is 0 Å². The molecule has 2 rings (SSSR count). The van der Waals surface area contributed by atoms with Crippen molar-refractivity contribution in [1.82, 2.24) is 19.9 Å². The van der Waals surface area contributed by atoms with Gasteiger partial charge in [-0.15, -0.1) is 0 Å². The Morgan fingerprint density at radius 1 is 1.30 bits per heavy atom. The first-order valence-corrected chi connectivity index (χ1v) is 7.21. The van der Waals surface area contributed by atoms with Crippen LogP contribution >= 0.6 is 0 Å². The van der Waals surface area contributed by atoms with Crippen molar-refractivity contribution in [1.29, 1.82) is 0 Å². The molecule has 6 heteroatoms. The summed E-state index contributed by atoms with van der Waals surface area (Å²) in [5.41, 5.74) is 5.72. The fourth-order valence-electron chi connectivity index (χ4n) is 2.70. The molecule has 0 spiro atoms. The van der Waals surface area contributed by atoms with Crippen LogP contribution in [0.3, 0.4) is 0 Å². The molecule has 0 aromatic carbocycles. The minimum atomic E-state index is -0.556. The van der Waals surface area contributed by atoms with Gasteiger partial charge >= 0.3 is 0 Å². The summed E-state index contributed by atoms with van der Waals surface area (Å²) in [6, 6.07) is 0. The van der Waals surface area contributed by atoms with Gasteiger partial charge in [0.15, 0.2) is 5.82 Å². The highest BCUT2D eigenvalue weighted by molar-refractivity contribution is 5.00. The van der Waals surface area contributed by atoms with Crippen molar-refractivity contribution in [2.45, 2.75) is 50.7 Å². The number of nitrogens with two attached hydrogens (primary N) is 1. The number of nitrogens with zero attached hydrogens (tertiary/aromatic N) is 4. The molecule has 0 saturated heterocycles. The van der Waals surface area contributed by atoms with Gasteiger partial charge in [-0.2, -0.15) is 4.98 Å². The molecule has 1 heterocycles. The van der Waals surface area contributed by atoms with Crippen LogP contribution in [0.5, 0.6) is 0 Å². The number of aromatic nitrogens is 2. The first kappa shape index (κ1) is 15.4. The normalized spacial score (nSPS) is 18.6. The molecular formula is C14H27N5O. The van der Waals surface area contributed by atoms with Crippen LogP contribution in [0.15, 0.2) is 4.52 Å². The minimum Gasteiger partial charge on any atom is -0.338 e. The molecule has 6 nitrogen and oxygen atoms in total. The quantitative estimate of drug-likeness (QED) is 0.844. The monoisotopic (exact) mass is 281 g/mol. The van der Waals surface area contributed by atoms with Gasteiger partial charge in [0.25, 0.3) is 0 Å². The molecule has 1 fully saturated rings. The lowest BCUT2D eigenvalue weighted by Gasteiger charge is -2.49. The van der Waals surface area contributed by atoms with Crippen molar-refractivity contribution in [2.75, 3.05) is 27.7 Å². The molecule has 1 saturated carbocycles. The molecule has 0 bridgehead atoms. The number of hydrogen-bond acceptors (Lipinski definition) is 6. The Hall–Kier alpha value is -0.980. The van der Waals surface area contributed by atoms with Crippen molar-refractivity contribution in [3.63, 3.8) is 0 Å². The molecule has 0 amide bonds. The second-order valence-corrected chi connectivity index (χ2v) is 6.88. The maximum Gasteiger partial charge on any atom is 0.240 e. The van der Waals surface area contributed by atoms with Crippen molar-refractivity contribution in [3.8, 4) is 0 Å². The van der Waals surface area contributed by atoms with Crippen LogP contribution in [0.4, 0.5) is 0 Å². The Balaban J connectivity index is 1.95. The predicted molar refractivity (Wildman–Crippen MR) is 78.1 cm³/mol. The highest BCUT2D eigenvalue weighted by Crippen LogP contribution is 2.36. The standard InChI is InChI=1S/C14H27N5O/c1-13(2,15)12-16-11(20-17-12)9-19(5)10-14(18(3)4)7-6-8-14/h6-10,15H2,1-5H3. The summed E-state index contributed by atoms with van der Waals surface area (Å²) in [6.45, 7) is 5.43. The van der Waals surface area contributed by atoms with Gasteiger partial charge in [-0.05, 0) is 54.3 Å². The molecular weight excluding hydrogens is 254 g/mol. The van der Waals surface area contributed by atoms with Gasteiger partial charge in [-0.1, -0.05) is 5.16 Å².